The van der Waals surface area contributed by atoms with Crippen molar-refractivity contribution >= 4 is 22.4 Å². The van der Waals surface area contributed by atoms with Crippen LogP contribution in [0.2, 0.25) is 0 Å². The van der Waals surface area contributed by atoms with Crippen LogP contribution in [0.3, 0.4) is 0 Å². The Balaban J connectivity index is 2.52. The highest BCUT2D eigenvalue weighted by Gasteiger charge is 2.32. The summed E-state index contributed by atoms with van der Waals surface area (Å²) < 4.78 is 37.4. The highest BCUT2D eigenvalue weighted by molar-refractivity contribution is 5.86. The zero-order valence-electron chi connectivity index (χ0n) is 8.97. The summed E-state index contributed by atoms with van der Waals surface area (Å²) in [5.41, 5.74) is 5.59. The van der Waals surface area contributed by atoms with Crippen molar-refractivity contribution in [2.24, 2.45) is 10.7 Å². The summed E-state index contributed by atoms with van der Waals surface area (Å²) in [6.45, 7) is 1.61. The number of hydrogen-bond donors (Lipinski definition) is 2. The summed E-state index contributed by atoms with van der Waals surface area (Å²) in [6.07, 6.45) is -4.37. The lowest BCUT2D eigenvalue weighted by Gasteiger charge is -2.00. The predicted octanol–water partition coefficient (Wildman–Crippen LogP) is 3.20. The number of benzene rings is 1. The van der Waals surface area contributed by atoms with E-state index in [-0.39, 0.29) is 0 Å². The number of nitrogens with zero attached hydrogens (tertiary/aromatic N) is 1. The van der Waals surface area contributed by atoms with E-state index in [2.05, 4.69) is 9.98 Å². The minimum atomic E-state index is -4.37. The molecule has 2 rings (SSSR count). The zero-order chi connectivity index (χ0) is 12.6. The molecule has 1 aromatic heterocycles. The van der Waals surface area contributed by atoms with Gasteiger partial charge in [0.05, 0.1) is 11.5 Å². The van der Waals surface area contributed by atoms with E-state index in [9.17, 15) is 13.2 Å². The van der Waals surface area contributed by atoms with E-state index in [0.717, 1.165) is 6.07 Å². The molecule has 0 saturated carbocycles. The van der Waals surface area contributed by atoms with E-state index in [1.807, 2.05) is 0 Å². The Morgan fingerprint density at radius 1 is 1.29 bits per heavy atom. The van der Waals surface area contributed by atoms with Crippen LogP contribution in [0.5, 0.6) is 0 Å². The minimum Gasteiger partial charge on any atom is -0.387 e. The van der Waals surface area contributed by atoms with Gasteiger partial charge in [-0.2, -0.15) is 13.2 Å². The van der Waals surface area contributed by atoms with Gasteiger partial charge in [0, 0.05) is 10.9 Å². The second kappa shape index (κ2) is 3.80. The molecule has 6 heteroatoms. The molecule has 3 N–H and O–H groups in total. The molecule has 1 aromatic carbocycles. The fraction of sp³-hybridized carbons (Fsp3) is 0.182. The number of alkyl halides is 3. The van der Waals surface area contributed by atoms with Crippen molar-refractivity contribution in [1.82, 2.24) is 4.98 Å². The number of hydrogen-bond acceptors (Lipinski definition) is 1. The molecule has 0 aliphatic rings. The summed E-state index contributed by atoms with van der Waals surface area (Å²) >= 11 is 0. The molecule has 2 aromatic rings. The molecule has 0 fully saturated rings. The van der Waals surface area contributed by atoms with Crippen LogP contribution in [0.1, 0.15) is 12.6 Å². The number of halogens is 3. The number of fused-ring (bicyclic) bond motifs is 1. The summed E-state index contributed by atoms with van der Waals surface area (Å²) in [6, 6.07) is 5.76. The SMILES string of the molecule is CC(N)=Nc1ccc2[nH]c(C(F)(F)F)cc2c1. The van der Waals surface area contributed by atoms with Crippen LogP contribution in [0.15, 0.2) is 29.3 Å². The van der Waals surface area contributed by atoms with E-state index in [4.69, 9.17) is 5.73 Å². The lowest BCUT2D eigenvalue weighted by atomic mass is 10.2. The summed E-state index contributed by atoms with van der Waals surface area (Å²) in [5, 5.41) is 0.458. The van der Waals surface area contributed by atoms with Crippen molar-refractivity contribution < 1.29 is 13.2 Å². The average molecular weight is 241 g/mol. The first kappa shape index (κ1) is 11.5. The van der Waals surface area contributed by atoms with Crippen LogP contribution in [0.4, 0.5) is 18.9 Å². The molecule has 0 unspecified atom stereocenters. The van der Waals surface area contributed by atoms with Crippen LogP contribution in [-0.4, -0.2) is 10.8 Å². The fourth-order valence-electron chi connectivity index (χ4n) is 1.55. The van der Waals surface area contributed by atoms with Crippen LogP contribution in [-0.2, 0) is 6.18 Å². The van der Waals surface area contributed by atoms with Gasteiger partial charge in [-0.1, -0.05) is 0 Å². The van der Waals surface area contributed by atoms with Gasteiger partial charge in [-0.25, -0.2) is 4.99 Å². The van der Waals surface area contributed by atoms with E-state index >= 15 is 0 Å². The van der Waals surface area contributed by atoms with Gasteiger partial charge in [0.15, 0.2) is 0 Å². The van der Waals surface area contributed by atoms with E-state index in [0.29, 0.717) is 22.4 Å². The number of aromatic amines is 1. The molecule has 0 atom stereocenters. The largest absolute Gasteiger partial charge is 0.431 e. The Kier molecular flexibility index (Phi) is 2.57. The number of rotatable bonds is 1. The number of nitrogens with one attached hydrogen (secondary N) is 1. The molecule has 0 saturated heterocycles. The Morgan fingerprint density at radius 3 is 2.59 bits per heavy atom. The first-order valence-corrected chi connectivity index (χ1v) is 4.87. The summed E-state index contributed by atoms with van der Waals surface area (Å²) in [4.78, 5) is 6.29. The Morgan fingerprint density at radius 2 is 2.00 bits per heavy atom. The third-order valence-electron chi connectivity index (χ3n) is 2.22. The lowest BCUT2D eigenvalue weighted by Crippen LogP contribution is -2.04. The standard InChI is InChI=1S/C11H10F3N3/c1-6(15)16-8-2-3-9-7(4-8)5-10(17-9)11(12,13)14/h2-5,17H,1H3,(H2,15,16). The van der Waals surface area contributed by atoms with Crippen molar-refractivity contribution in [3.05, 3.63) is 30.0 Å². The van der Waals surface area contributed by atoms with Crippen molar-refractivity contribution in [1.29, 1.82) is 0 Å². The van der Waals surface area contributed by atoms with Gasteiger partial charge < -0.3 is 10.7 Å². The maximum atomic E-state index is 12.5. The Labute approximate surface area is 95.1 Å². The normalized spacial score (nSPS) is 13.3. The van der Waals surface area contributed by atoms with Gasteiger partial charge in [-0.15, -0.1) is 0 Å². The van der Waals surface area contributed by atoms with Gasteiger partial charge in [-0.3, -0.25) is 0 Å². The van der Waals surface area contributed by atoms with Gasteiger partial charge in [0.1, 0.15) is 5.69 Å². The molecule has 0 aliphatic carbocycles. The third kappa shape index (κ3) is 2.41. The minimum absolute atomic E-state index is 0.357. The maximum absolute atomic E-state index is 12.5. The summed E-state index contributed by atoms with van der Waals surface area (Å²) in [5.74, 6) is 0.357. The quantitative estimate of drug-likeness (QED) is 0.584. The van der Waals surface area contributed by atoms with Crippen LogP contribution >= 0.6 is 0 Å². The summed E-state index contributed by atoms with van der Waals surface area (Å²) in [7, 11) is 0. The monoisotopic (exact) mass is 241 g/mol. The highest BCUT2D eigenvalue weighted by Crippen LogP contribution is 2.32. The van der Waals surface area contributed by atoms with Crippen LogP contribution < -0.4 is 5.73 Å². The molecule has 0 bridgehead atoms. The highest BCUT2D eigenvalue weighted by atomic mass is 19.4. The molecule has 0 spiro atoms. The first-order valence-electron chi connectivity index (χ1n) is 4.87. The average Bonchev–Trinajstić information content (AvgIpc) is 2.58. The second-order valence-corrected chi connectivity index (χ2v) is 3.71. The number of amidine groups is 1. The van der Waals surface area contributed by atoms with Crippen molar-refractivity contribution in [2.75, 3.05) is 0 Å². The lowest BCUT2D eigenvalue weighted by molar-refractivity contribution is -0.140. The fourth-order valence-corrected chi connectivity index (χ4v) is 1.55. The molecule has 0 amide bonds. The van der Waals surface area contributed by atoms with Gasteiger partial charge in [-0.05, 0) is 31.2 Å². The van der Waals surface area contributed by atoms with Crippen LogP contribution in [0.25, 0.3) is 10.9 Å². The third-order valence-corrected chi connectivity index (χ3v) is 2.22. The van der Waals surface area contributed by atoms with Crippen molar-refractivity contribution in [3.8, 4) is 0 Å². The Hall–Kier alpha value is -1.98. The van der Waals surface area contributed by atoms with Crippen molar-refractivity contribution in [3.63, 3.8) is 0 Å². The molecular formula is C11H10F3N3. The number of aromatic nitrogens is 1. The second-order valence-electron chi connectivity index (χ2n) is 3.71. The van der Waals surface area contributed by atoms with E-state index < -0.39 is 11.9 Å². The van der Waals surface area contributed by atoms with Gasteiger partial charge >= 0.3 is 6.18 Å². The molecule has 0 radical (unpaired) electrons. The number of nitrogens with two attached hydrogens (primary N) is 1. The predicted molar refractivity (Wildman–Crippen MR) is 60.3 cm³/mol. The number of H-pyrrole nitrogens is 1. The molecule has 90 valence electrons. The van der Waals surface area contributed by atoms with Gasteiger partial charge in [0.25, 0.3) is 0 Å². The maximum Gasteiger partial charge on any atom is 0.431 e. The van der Waals surface area contributed by atoms with Crippen molar-refractivity contribution in [2.45, 2.75) is 13.1 Å². The van der Waals surface area contributed by atoms with E-state index in [1.54, 1.807) is 25.1 Å². The molecule has 3 nitrogen and oxygen atoms in total. The molecule has 0 aliphatic heterocycles. The molecular weight excluding hydrogens is 231 g/mol. The van der Waals surface area contributed by atoms with Crippen LogP contribution in [0, 0.1) is 0 Å². The molecule has 17 heavy (non-hydrogen) atoms. The molecule has 1 heterocycles. The topological polar surface area (TPSA) is 54.2 Å². The first-order chi connectivity index (χ1) is 7.86. The smallest absolute Gasteiger partial charge is 0.387 e. The van der Waals surface area contributed by atoms with E-state index in [1.165, 1.54) is 0 Å². The Bertz CT molecular complexity index is 577. The van der Waals surface area contributed by atoms with Gasteiger partial charge in [0.2, 0.25) is 0 Å². The number of aliphatic imine (C=N–C) groups is 1. The zero-order valence-corrected chi connectivity index (χ0v) is 8.97.